The Morgan fingerprint density at radius 3 is 2.69 bits per heavy atom. The Morgan fingerprint density at radius 2 is 2.12 bits per heavy atom. The molecule has 0 saturated carbocycles. The molecule has 0 aliphatic rings. The number of terminal acetylenes is 1. The summed E-state index contributed by atoms with van der Waals surface area (Å²) in [5.74, 6) is 2.27. The lowest BCUT2D eigenvalue weighted by Gasteiger charge is -2.12. The van der Waals surface area contributed by atoms with E-state index >= 15 is 0 Å². The second kappa shape index (κ2) is 5.66. The number of hydrogen-bond acceptors (Lipinski definition) is 4. The van der Waals surface area contributed by atoms with Crippen LogP contribution in [0.4, 0.5) is 5.69 Å². The molecule has 16 heavy (non-hydrogen) atoms. The average Bonchev–Trinajstić information content (AvgIpc) is 2.29. The first-order valence-corrected chi connectivity index (χ1v) is 4.76. The number of esters is 1. The summed E-state index contributed by atoms with van der Waals surface area (Å²) in [6.07, 6.45) is 4.27. The molecule has 1 aromatic carbocycles. The molecule has 0 saturated heterocycles. The fourth-order valence-corrected chi connectivity index (χ4v) is 1.03. The van der Waals surface area contributed by atoms with Crippen LogP contribution in [0, 0.1) is 12.3 Å². The lowest BCUT2D eigenvalue weighted by molar-refractivity contribution is -0.149. The van der Waals surface area contributed by atoms with E-state index in [-0.39, 0.29) is 6.61 Å². The summed E-state index contributed by atoms with van der Waals surface area (Å²) in [6.45, 7) is 1.55. The lowest BCUT2D eigenvalue weighted by Crippen LogP contribution is -2.26. The molecule has 0 fully saturated rings. The molecule has 4 heteroatoms. The molecule has 0 radical (unpaired) electrons. The molecule has 0 heterocycles. The van der Waals surface area contributed by atoms with Crippen LogP contribution in [0.1, 0.15) is 6.92 Å². The standard InChI is InChI=1S/C12H13NO3/c1-3-8-15-12(14)9(2)16-11-6-4-10(13)5-7-11/h1,4-7,9H,8,13H2,2H3. The average molecular weight is 219 g/mol. The highest BCUT2D eigenvalue weighted by atomic mass is 16.6. The van der Waals surface area contributed by atoms with Crippen LogP contribution in [0.3, 0.4) is 0 Å². The number of nitrogens with two attached hydrogens (primary N) is 1. The molecule has 0 spiro atoms. The van der Waals surface area contributed by atoms with Gasteiger partial charge in [0.05, 0.1) is 0 Å². The van der Waals surface area contributed by atoms with Crippen molar-refractivity contribution < 1.29 is 14.3 Å². The molecule has 0 aliphatic carbocycles. The minimum atomic E-state index is -0.697. The third-order valence-electron chi connectivity index (χ3n) is 1.82. The van der Waals surface area contributed by atoms with Crippen molar-refractivity contribution in [1.82, 2.24) is 0 Å². The highest BCUT2D eigenvalue weighted by Gasteiger charge is 2.15. The first-order valence-electron chi connectivity index (χ1n) is 4.76. The maximum atomic E-state index is 11.3. The topological polar surface area (TPSA) is 61.5 Å². The van der Waals surface area contributed by atoms with Gasteiger partial charge in [0.1, 0.15) is 5.75 Å². The highest BCUT2D eigenvalue weighted by molar-refractivity contribution is 5.74. The van der Waals surface area contributed by atoms with Crippen LogP contribution in [0.15, 0.2) is 24.3 Å². The van der Waals surface area contributed by atoms with Gasteiger partial charge in [-0.1, -0.05) is 5.92 Å². The smallest absolute Gasteiger partial charge is 0.347 e. The summed E-state index contributed by atoms with van der Waals surface area (Å²) >= 11 is 0. The fraction of sp³-hybridized carbons (Fsp3) is 0.250. The van der Waals surface area contributed by atoms with E-state index in [9.17, 15) is 4.79 Å². The van der Waals surface area contributed by atoms with E-state index in [0.717, 1.165) is 0 Å². The van der Waals surface area contributed by atoms with Crippen LogP contribution in [0.2, 0.25) is 0 Å². The van der Waals surface area contributed by atoms with Gasteiger partial charge in [0.25, 0.3) is 0 Å². The molecule has 0 bridgehead atoms. The van der Waals surface area contributed by atoms with Crippen LogP contribution in [0.5, 0.6) is 5.75 Å². The molecule has 0 aliphatic heterocycles. The molecule has 2 N–H and O–H groups in total. The molecular formula is C12H13NO3. The van der Waals surface area contributed by atoms with Gasteiger partial charge in [-0.3, -0.25) is 0 Å². The summed E-state index contributed by atoms with van der Waals surface area (Å²) in [4.78, 5) is 11.3. The number of nitrogen functional groups attached to an aromatic ring is 1. The summed E-state index contributed by atoms with van der Waals surface area (Å²) in [7, 11) is 0. The van der Waals surface area contributed by atoms with Crippen molar-refractivity contribution in [2.24, 2.45) is 0 Å². The minimum absolute atomic E-state index is 0.0474. The zero-order chi connectivity index (χ0) is 12.0. The number of carbonyl (C=O) groups is 1. The quantitative estimate of drug-likeness (QED) is 0.469. The summed E-state index contributed by atoms with van der Waals surface area (Å²) in [5.41, 5.74) is 6.15. The van der Waals surface area contributed by atoms with Crippen molar-refractivity contribution >= 4 is 11.7 Å². The molecule has 1 unspecified atom stereocenters. The van der Waals surface area contributed by atoms with Crippen molar-refractivity contribution in [3.63, 3.8) is 0 Å². The Morgan fingerprint density at radius 1 is 1.50 bits per heavy atom. The van der Waals surface area contributed by atoms with Gasteiger partial charge in [-0.15, -0.1) is 6.42 Å². The highest BCUT2D eigenvalue weighted by Crippen LogP contribution is 2.14. The SMILES string of the molecule is C#CCOC(=O)C(C)Oc1ccc(N)cc1. The Kier molecular flexibility index (Phi) is 4.22. The predicted molar refractivity (Wildman–Crippen MR) is 60.7 cm³/mol. The van der Waals surface area contributed by atoms with Crippen LogP contribution in [-0.2, 0) is 9.53 Å². The Balaban J connectivity index is 2.51. The van der Waals surface area contributed by atoms with Gasteiger partial charge >= 0.3 is 5.97 Å². The van der Waals surface area contributed by atoms with Gasteiger partial charge < -0.3 is 15.2 Å². The maximum Gasteiger partial charge on any atom is 0.347 e. The van der Waals surface area contributed by atoms with Crippen molar-refractivity contribution in [2.45, 2.75) is 13.0 Å². The molecule has 84 valence electrons. The molecular weight excluding hydrogens is 206 g/mol. The van der Waals surface area contributed by atoms with Gasteiger partial charge in [-0.05, 0) is 31.2 Å². The first-order chi connectivity index (χ1) is 7.63. The van der Waals surface area contributed by atoms with Crippen LogP contribution in [0.25, 0.3) is 0 Å². The van der Waals surface area contributed by atoms with Crippen molar-refractivity contribution in [3.8, 4) is 18.1 Å². The van der Waals surface area contributed by atoms with Gasteiger partial charge in [0, 0.05) is 5.69 Å². The van der Waals surface area contributed by atoms with Crippen LogP contribution in [-0.4, -0.2) is 18.7 Å². The lowest BCUT2D eigenvalue weighted by atomic mass is 10.3. The number of hydrogen-bond donors (Lipinski definition) is 1. The molecule has 4 nitrogen and oxygen atoms in total. The maximum absolute atomic E-state index is 11.3. The normalized spacial score (nSPS) is 11.2. The minimum Gasteiger partial charge on any atom is -0.479 e. The second-order valence-corrected chi connectivity index (χ2v) is 3.14. The third-order valence-corrected chi connectivity index (χ3v) is 1.82. The zero-order valence-corrected chi connectivity index (χ0v) is 8.97. The monoisotopic (exact) mass is 219 g/mol. The number of benzene rings is 1. The van der Waals surface area contributed by atoms with E-state index < -0.39 is 12.1 Å². The number of ether oxygens (including phenoxy) is 2. The van der Waals surface area contributed by atoms with Gasteiger partial charge in [0.2, 0.25) is 0 Å². The summed E-state index contributed by atoms with van der Waals surface area (Å²) in [5, 5.41) is 0. The largest absolute Gasteiger partial charge is 0.479 e. The van der Waals surface area contributed by atoms with E-state index in [1.54, 1.807) is 31.2 Å². The van der Waals surface area contributed by atoms with Gasteiger partial charge in [0.15, 0.2) is 12.7 Å². The fourth-order valence-electron chi connectivity index (χ4n) is 1.03. The number of rotatable bonds is 4. The van der Waals surface area contributed by atoms with Crippen molar-refractivity contribution in [1.29, 1.82) is 0 Å². The molecule has 1 rings (SSSR count). The van der Waals surface area contributed by atoms with E-state index in [4.69, 9.17) is 21.6 Å². The van der Waals surface area contributed by atoms with Crippen molar-refractivity contribution in [3.05, 3.63) is 24.3 Å². The molecule has 0 amide bonds. The van der Waals surface area contributed by atoms with Crippen LogP contribution < -0.4 is 10.5 Å². The number of carbonyl (C=O) groups excluding carboxylic acids is 1. The zero-order valence-electron chi connectivity index (χ0n) is 8.97. The first kappa shape index (κ1) is 11.9. The van der Waals surface area contributed by atoms with Crippen LogP contribution >= 0.6 is 0 Å². The summed E-state index contributed by atoms with van der Waals surface area (Å²) in [6, 6.07) is 6.74. The van der Waals surface area contributed by atoms with E-state index in [2.05, 4.69) is 5.92 Å². The molecule has 0 aromatic heterocycles. The number of anilines is 1. The second-order valence-electron chi connectivity index (χ2n) is 3.14. The summed E-state index contributed by atoms with van der Waals surface area (Å²) < 4.78 is 10.1. The Bertz CT molecular complexity index is 392. The van der Waals surface area contributed by atoms with E-state index in [1.165, 1.54) is 0 Å². The Labute approximate surface area is 94.3 Å². The van der Waals surface area contributed by atoms with E-state index in [1.807, 2.05) is 0 Å². The molecule has 1 aromatic rings. The van der Waals surface area contributed by atoms with E-state index in [0.29, 0.717) is 11.4 Å². The third kappa shape index (κ3) is 3.54. The van der Waals surface area contributed by atoms with Gasteiger partial charge in [-0.2, -0.15) is 0 Å². The van der Waals surface area contributed by atoms with Gasteiger partial charge in [-0.25, -0.2) is 4.79 Å². The predicted octanol–water partition coefficient (Wildman–Crippen LogP) is 1.21. The molecule has 1 atom stereocenters. The Hall–Kier alpha value is -2.15. The van der Waals surface area contributed by atoms with Crippen molar-refractivity contribution in [2.75, 3.05) is 12.3 Å².